The number of methoxy groups -OCH3 is 1. The molecule has 3 N–H and O–H groups in total. The maximum atomic E-state index is 13.1. The number of aryl methyl sites for hydroxylation is 1. The summed E-state index contributed by atoms with van der Waals surface area (Å²) in [4.78, 5) is 40.3. The fourth-order valence-corrected chi connectivity index (χ4v) is 4.70. The Labute approximate surface area is 205 Å². The van der Waals surface area contributed by atoms with Crippen molar-refractivity contribution in [2.75, 3.05) is 26.7 Å². The van der Waals surface area contributed by atoms with E-state index in [-0.39, 0.29) is 12.3 Å². The number of urea groups is 1. The van der Waals surface area contributed by atoms with Crippen LogP contribution in [0.5, 0.6) is 11.5 Å². The van der Waals surface area contributed by atoms with Crippen LogP contribution in [0.1, 0.15) is 37.3 Å². The SMILES string of the molecule is COc1cccc(C2(C)NC(=O)N(NC(=O)CN3CCC(CCc4ccc(O)cc4)CC3)C2=O)c1. The number of imide groups is 1. The minimum atomic E-state index is -1.30. The molecule has 186 valence electrons. The lowest BCUT2D eigenvalue weighted by atomic mass is 9.90. The minimum Gasteiger partial charge on any atom is -0.508 e. The number of benzene rings is 2. The summed E-state index contributed by atoms with van der Waals surface area (Å²) in [6, 6.07) is 13.6. The number of amides is 4. The highest BCUT2D eigenvalue weighted by atomic mass is 16.5. The van der Waals surface area contributed by atoms with Gasteiger partial charge in [-0.2, -0.15) is 5.01 Å². The van der Waals surface area contributed by atoms with E-state index in [0.717, 1.165) is 43.8 Å². The highest BCUT2D eigenvalue weighted by Gasteiger charge is 2.50. The van der Waals surface area contributed by atoms with Gasteiger partial charge in [0.1, 0.15) is 17.0 Å². The van der Waals surface area contributed by atoms with Gasteiger partial charge in [-0.25, -0.2) is 4.79 Å². The average molecular weight is 481 g/mol. The second-order valence-electron chi connectivity index (χ2n) is 9.39. The normalized spacial score (nSPS) is 21.1. The third-order valence-electron chi connectivity index (χ3n) is 6.93. The maximum Gasteiger partial charge on any atom is 0.344 e. The molecule has 2 fully saturated rings. The van der Waals surface area contributed by atoms with Crippen LogP contribution < -0.4 is 15.5 Å². The van der Waals surface area contributed by atoms with Crippen molar-refractivity contribution in [2.24, 2.45) is 5.92 Å². The predicted octanol–water partition coefficient (Wildman–Crippen LogP) is 2.54. The topological polar surface area (TPSA) is 111 Å². The Morgan fingerprint density at radius 3 is 2.57 bits per heavy atom. The van der Waals surface area contributed by atoms with E-state index in [2.05, 4.69) is 10.7 Å². The first-order chi connectivity index (χ1) is 16.8. The largest absolute Gasteiger partial charge is 0.508 e. The molecule has 1 unspecified atom stereocenters. The molecule has 0 aliphatic carbocycles. The van der Waals surface area contributed by atoms with Gasteiger partial charge in [-0.3, -0.25) is 19.9 Å². The number of carbonyl (C=O) groups is 3. The second kappa shape index (κ2) is 10.4. The monoisotopic (exact) mass is 480 g/mol. The van der Waals surface area contributed by atoms with Crippen molar-refractivity contribution in [1.29, 1.82) is 0 Å². The number of nitrogens with one attached hydrogen (secondary N) is 2. The first kappa shape index (κ1) is 24.5. The van der Waals surface area contributed by atoms with Gasteiger partial charge in [-0.15, -0.1) is 0 Å². The molecule has 9 heteroatoms. The van der Waals surface area contributed by atoms with Crippen LogP contribution in [0.25, 0.3) is 0 Å². The van der Waals surface area contributed by atoms with Gasteiger partial charge in [0.15, 0.2) is 0 Å². The van der Waals surface area contributed by atoms with E-state index in [0.29, 0.717) is 17.2 Å². The number of rotatable bonds is 8. The van der Waals surface area contributed by atoms with Crippen molar-refractivity contribution in [3.63, 3.8) is 0 Å². The number of carbonyl (C=O) groups excluding carboxylic acids is 3. The summed E-state index contributed by atoms with van der Waals surface area (Å²) in [6.07, 6.45) is 4.00. The summed E-state index contributed by atoms with van der Waals surface area (Å²) in [7, 11) is 1.53. The van der Waals surface area contributed by atoms with Gasteiger partial charge in [0, 0.05) is 0 Å². The molecular formula is C26H32N4O5. The van der Waals surface area contributed by atoms with Gasteiger partial charge in [0.2, 0.25) is 0 Å². The number of piperidine rings is 1. The van der Waals surface area contributed by atoms with E-state index in [1.165, 1.54) is 12.7 Å². The second-order valence-corrected chi connectivity index (χ2v) is 9.39. The number of hydrogen-bond donors (Lipinski definition) is 3. The van der Waals surface area contributed by atoms with Crippen molar-refractivity contribution in [2.45, 2.75) is 38.1 Å². The Hall–Kier alpha value is -3.59. The van der Waals surface area contributed by atoms with E-state index >= 15 is 0 Å². The lowest BCUT2D eigenvalue weighted by Crippen LogP contribution is -2.51. The Bertz CT molecular complexity index is 1080. The fraction of sp³-hybridized carbons (Fsp3) is 0.423. The lowest BCUT2D eigenvalue weighted by Gasteiger charge is -2.31. The summed E-state index contributed by atoms with van der Waals surface area (Å²) >= 11 is 0. The van der Waals surface area contributed by atoms with Crippen LogP contribution in [0.4, 0.5) is 4.79 Å². The molecule has 2 heterocycles. The van der Waals surface area contributed by atoms with E-state index < -0.39 is 23.4 Å². The van der Waals surface area contributed by atoms with Crippen LogP contribution in [0.15, 0.2) is 48.5 Å². The molecule has 2 aromatic rings. The number of hydrazine groups is 1. The molecule has 0 spiro atoms. The third kappa shape index (κ3) is 5.57. The number of aromatic hydroxyl groups is 1. The van der Waals surface area contributed by atoms with Crippen molar-refractivity contribution in [1.82, 2.24) is 20.7 Å². The smallest absolute Gasteiger partial charge is 0.344 e. The molecule has 2 aliphatic heterocycles. The maximum absolute atomic E-state index is 13.1. The van der Waals surface area contributed by atoms with E-state index in [1.807, 2.05) is 17.0 Å². The van der Waals surface area contributed by atoms with E-state index in [4.69, 9.17) is 4.74 Å². The van der Waals surface area contributed by atoms with Gasteiger partial charge in [0.05, 0.1) is 13.7 Å². The zero-order valence-electron chi connectivity index (χ0n) is 20.1. The standard InChI is InChI=1S/C26H32N4O5/c1-26(20-4-3-5-22(16-20)35-2)24(33)30(25(34)27-26)28-23(32)17-29-14-12-19(13-15-29)7-6-18-8-10-21(31)11-9-18/h3-5,8-11,16,19,31H,6-7,12-15,17H2,1-2H3,(H,27,34)(H,28,32). The van der Waals surface area contributed by atoms with Crippen molar-refractivity contribution in [3.8, 4) is 11.5 Å². The van der Waals surface area contributed by atoms with Crippen LogP contribution >= 0.6 is 0 Å². The molecule has 9 nitrogen and oxygen atoms in total. The molecule has 0 aromatic heterocycles. The van der Waals surface area contributed by atoms with Crippen molar-refractivity contribution < 1.29 is 24.2 Å². The number of nitrogens with zero attached hydrogens (tertiary/aromatic N) is 2. The molecule has 2 aromatic carbocycles. The third-order valence-corrected chi connectivity index (χ3v) is 6.93. The van der Waals surface area contributed by atoms with E-state index in [9.17, 15) is 19.5 Å². The molecule has 2 aliphatic rings. The Morgan fingerprint density at radius 2 is 1.89 bits per heavy atom. The van der Waals surface area contributed by atoms with Crippen LogP contribution in [-0.4, -0.2) is 59.6 Å². The van der Waals surface area contributed by atoms with Gasteiger partial charge in [-0.05, 0) is 87.0 Å². The molecule has 0 saturated carbocycles. The quantitative estimate of drug-likeness (QED) is 0.501. The van der Waals surface area contributed by atoms with Crippen molar-refractivity contribution in [3.05, 3.63) is 59.7 Å². The predicted molar refractivity (Wildman–Crippen MR) is 129 cm³/mol. The molecule has 1 atom stereocenters. The number of likely N-dealkylation sites (tertiary alicyclic amines) is 1. The molecule has 0 radical (unpaired) electrons. The Balaban J connectivity index is 1.26. The molecule has 0 bridgehead atoms. The number of phenolic OH excluding ortho intramolecular Hbond substituents is 1. The van der Waals surface area contributed by atoms with Crippen LogP contribution in [0.3, 0.4) is 0 Å². The Morgan fingerprint density at radius 1 is 1.17 bits per heavy atom. The summed E-state index contributed by atoms with van der Waals surface area (Å²) in [5.74, 6) is 0.485. The van der Waals surface area contributed by atoms with Gasteiger partial charge in [0.25, 0.3) is 11.8 Å². The molecule has 35 heavy (non-hydrogen) atoms. The minimum absolute atomic E-state index is 0.123. The zero-order chi connectivity index (χ0) is 25.0. The van der Waals surface area contributed by atoms with E-state index in [1.54, 1.807) is 43.3 Å². The summed E-state index contributed by atoms with van der Waals surface area (Å²) in [5, 5.41) is 12.9. The Kier molecular flexibility index (Phi) is 7.25. The molecule has 4 rings (SSSR count). The van der Waals surface area contributed by atoms with Gasteiger partial charge in [-0.1, -0.05) is 24.3 Å². The first-order valence-electron chi connectivity index (χ1n) is 11.9. The highest BCUT2D eigenvalue weighted by Crippen LogP contribution is 2.30. The fourth-order valence-electron chi connectivity index (χ4n) is 4.70. The molecule has 2 saturated heterocycles. The van der Waals surface area contributed by atoms with Gasteiger partial charge >= 0.3 is 6.03 Å². The van der Waals surface area contributed by atoms with Crippen molar-refractivity contribution >= 4 is 17.8 Å². The number of phenols is 1. The number of ether oxygens (including phenoxy) is 1. The first-order valence-corrected chi connectivity index (χ1v) is 11.9. The van der Waals surface area contributed by atoms with Gasteiger partial charge < -0.3 is 15.2 Å². The lowest BCUT2D eigenvalue weighted by molar-refractivity contribution is -0.139. The average Bonchev–Trinajstić information content (AvgIpc) is 3.08. The van der Waals surface area contributed by atoms with Crippen LogP contribution in [0.2, 0.25) is 0 Å². The summed E-state index contributed by atoms with van der Waals surface area (Å²) in [5.41, 5.74) is 2.96. The molecular weight excluding hydrogens is 448 g/mol. The van der Waals surface area contributed by atoms with Crippen LogP contribution in [0, 0.1) is 5.92 Å². The summed E-state index contributed by atoms with van der Waals surface area (Å²) in [6.45, 7) is 3.30. The highest BCUT2D eigenvalue weighted by molar-refractivity contribution is 6.08. The number of hydrogen-bond acceptors (Lipinski definition) is 6. The summed E-state index contributed by atoms with van der Waals surface area (Å²) < 4.78 is 5.22. The molecule has 4 amide bonds. The van der Waals surface area contributed by atoms with Crippen LogP contribution in [-0.2, 0) is 21.5 Å². The zero-order valence-corrected chi connectivity index (χ0v) is 20.1.